The molecule has 1 amide bonds. The Morgan fingerprint density at radius 2 is 2.00 bits per heavy atom. The van der Waals surface area contributed by atoms with E-state index in [4.69, 9.17) is 4.98 Å². The molecule has 1 fully saturated rings. The van der Waals surface area contributed by atoms with Crippen LogP contribution in [0.5, 0.6) is 0 Å². The van der Waals surface area contributed by atoms with E-state index < -0.39 is 0 Å². The van der Waals surface area contributed by atoms with Crippen molar-refractivity contribution in [3.05, 3.63) is 52.1 Å². The van der Waals surface area contributed by atoms with Crippen LogP contribution in [-0.4, -0.2) is 52.0 Å². The Morgan fingerprint density at radius 1 is 1.25 bits per heavy atom. The number of rotatable bonds is 7. The number of nitrogens with zero attached hydrogens (tertiary/aromatic N) is 5. The Labute approximate surface area is 191 Å². The van der Waals surface area contributed by atoms with E-state index in [1.165, 1.54) is 11.3 Å². The van der Waals surface area contributed by atoms with E-state index >= 15 is 0 Å². The number of anilines is 1. The van der Waals surface area contributed by atoms with Crippen molar-refractivity contribution in [3.8, 4) is 0 Å². The second-order valence-corrected chi connectivity index (χ2v) is 9.70. The van der Waals surface area contributed by atoms with E-state index in [0.29, 0.717) is 28.6 Å². The number of benzene rings is 1. The Balaban J connectivity index is 1.61. The van der Waals surface area contributed by atoms with Crippen molar-refractivity contribution in [2.45, 2.75) is 51.9 Å². The van der Waals surface area contributed by atoms with Crippen molar-refractivity contribution in [2.24, 2.45) is 0 Å². The average Bonchev–Trinajstić information content (AvgIpc) is 3.39. The van der Waals surface area contributed by atoms with E-state index in [9.17, 15) is 9.59 Å². The van der Waals surface area contributed by atoms with Gasteiger partial charge < -0.3 is 15.1 Å². The molecule has 0 bridgehead atoms. The van der Waals surface area contributed by atoms with Gasteiger partial charge in [0.25, 0.3) is 5.56 Å². The first-order valence-corrected chi connectivity index (χ1v) is 11.8. The molecule has 0 aliphatic carbocycles. The number of amides is 1. The van der Waals surface area contributed by atoms with Gasteiger partial charge in [0, 0.05) is 19.1 Å². The highest BCUT2D eigenvalue weighted by molar-refractivity contribution is 7.21. The lowest BCUT2D eigenvalue weighted by molar-refractivity contribution is -0.122. The molecule has 3 heterocycles. The molecule has 0 saturated carbocycles. The molecule has 1 aliphatic heterocycles. The van der Waals surface area contributed by atoms with Crippen LogP contribution in [0.1, 0.15) is 44.1 Å². The van der Waals surface area contributed by atoms with Crippen molar-refractivity contribution in [1.82, 2.24) is 24.8 Å². The number of nitrogens with one attached hydrogen (secondary N) is 1. The summed E-state index contributed by atoms with van der Waals surface area (Å²) in [6, 6.07) is 9.59. The van der Waals surface area contributed by atoms with Crippen LogP contribution in [0.4, 0.5) is 5.13 Å². The minimum absolute atomic E-state index is 0.00791. The van der Waals surface area contributed by atoms with Crippen molar-refractivity contribution < 1.29 is 4.79 Å². The second kappa shape index (κ2) is 9.38. The minimum Gasteiger partial charge on any atom is -0.350 e. The number of hydrogen-bond donors (Lipinski definition) is 1. The maximum absolute atomic E-state index is 13.2. The van der Waals surface area contributed by atoms with Crippen LogP contribution >= 0.6 is 11.3 Å². The smallest absolute Gasteiger partial charge is 0.281 e. The zero-order valence-electron chi connectivity index (χ0n) is 19.0. The zero-order chi connectivity index (χ0) is 22.8. The standard InChI is InChI=1S/C23H30N6O2S/c1-15(2)29-18(14-27(3)4)25-21-19(22(29)31)26-23(32-21)28-12-8-11-17(28)20(30)24-13-16-9-6-5-7-10-16/h5-7,9-10,15,17H,8,11-14H2,1-4H3,(H,24,30)/t17-/m1/s1. The lowest BCUT2D eigenvalue weighted by Gasteiger charge is -2.23. The molecule has 0 unspecified atom stereocenters. The topological polar surface area (TPSA) is 83.4 Å². The Hall–Kier alpha value is -2.78. The van der Waals surface area contributed by atoms with Gasteiger partial charge in [0.2, 0.25) is 5.91 Å². The lowest BCUT2D eigenvalue weighted by Crippen LogP contribution is -2.43. The van der Waals surface area contributed by atoms with E-state index in [2.05, 4.69) is 10.3 Å². The summed E-state index contributed by atoms with van der Waals surface area (Å²) in [6.45, 7) is 5.78. The third-order valence-electron chi connectivity index (χ3n) is 5.61. The summed E-state index contributed by atoms with van der Waals surface area (Å²) in [7, 11) is 3.92. The first-order chi connectivity index (χ1) is 15.3. The van der Waals surface area contributed by atoms with Gasteiger partial charge in [0.05, 0.1) is 6.54 Å². The Kier molecular flexibility index (Phi) is 6.57. The van der Waals surface area contributed by atoms with Gasteiger partial charge in [0.15, 0.2) is 15.5 Å². The van der Waals surface area contributed by atoms with Gasteiger partial charge in [-0.15, -0.1) is 0 Å². The monoisotopic (exact) mass is 454 g/mol. The van der Waals surface area contributed by atoms with E-state index in [1.807, 2.05) is 68.1 Å². The number of aromatic nitrogens is 3. The van der Waals surface area contributed by atoms with Crippen LogP contribution in [-0.2, 0) is 17.9 Å². The largest absolute Gasteiger partial charge is 0.350 e. The summed E-state index contributed by atoms with van der Waals surface area (Å²) in [5.74, 6) is 0.725. The van der Waals surface area contributed by atoms with Gasteiger partial charge >= 0.3 is 0 Å². The van der Waals surface area contributed by atoms with Crippen LogP contribution in [0.25, 0.3) is 10.3 Å². The predicted molar refractivity (Wildman–Crippen MR) is 128 cm³/mol. The highest BCUT2D eigenvalue weighted by Crippen LogP contribution is 2.32. The minimum atomic E-state index is -0.284. The van der Waals surface area contributed by atoms with Crippen LogP contribution in [0, 0.1) is 0 Å². The van der Waals surface area contributed by atoms with Crippen molar-refractivity contribution in [1.29, 1.82) is 0 Å². The van der Waals surface area contributed by atoms with Gasteiger partial charge in [-0.05, 0) is 46.3 Å². The van der Waals surface area contributed by atoms with E-state index in [0.717, 1.165) is 30.8 Å². The highest BCUT2D eigenvalue weighted by Gasteiger charge is 2.33. The average molecular weight is 455 g/mol. The summed E-state index contributed by atoms with van der Waals surface area (Å²) >= 11 is 1.40. The number of carbonyl (C=O) groups excluding carboxylic acids is 1. The Bertz CT molecular complexity index is 1150. The van der Waals surface area contributed by atoms with Gasteiger partial charge in [-0.25, -0.2) is 9.97 Å². The van der Waals surface area contributed by atoms with Crippen LogP contribution < -0.4 is 15.8 Å². The SMILES string of the molecule is CC(C)n1c(CN(C)C)nc2sc(N3CCC[C@@H]3C(=O)NCc3ccccc3)nc2c1=O. The number of carbonyl (C=O) groups is 1. The quantitative estimate of drug-likeness (QED) is 0.591. The third-order valence-corrected chi connectivity index (χ3v) is 6.60. The molecule has 1 aromatic carbocycles. The van der Waals surface area contributed by atoms with Gasteiger partial charge in [0.1, 0.15) is 11.9 Å². The zero-order valence-corrected chi connectivity index (χ0v) is 19.9. The summed E-state index contributed by atoms with van der Waals surface area (Å²) < 4.78 is 1.72. The molecule has 0 radical (unpaired) electrons. The van der Waals surface area contributed by atoms with Crippen molar-refractivity contribution in [2.75, 3.05) is 25.5 Å². The maximum Gasteiger partial charge on any atom is 0.281 e. The molecule has 2 aromatic heterocycles. The number of thiazole rings is 1. The molecule has 4 rings (SSSR count). The fourth-order valence-electron chi connectivity index (χ4n) is 4.14. The highest BCUT2D eigenvalue weighted by atomic mass is 32.1. The molecule has 3 aromatic rings. The Morgan fingerprint density at radius 3 is 2.69 bits per heavy atom. The molecule has 1 N–H and O–H groups in total. The molecule has 32 heavy (non-hydrogen) atoms. The first kappa shape index (κ1) is 22.4. The molecule has 8 nitrogen and oxygen atoms in total. The summed E-state index contributed by atoms with van der Waals surface area (Å²) in [5.41, 5.74) is 1.34. The molecular weight excluding hydrogens is 424 g/mol. The maximum atomic E-state index is 13.2. The predicted octanol–water partition coefficient (Wildman–Crippen LogP) is 2.78. The fraction of sp³-hybridized carbons (Fsp3) is 0.478. The van der Waals surface area contributed by atoms with E-state index in [1.54, 1.807) is 4.57 Å². The van der Waals surface area contributed by atoms with Crippen molar-refractivity contribution >= 4 is 32.7 Å². The number of hydrogen-bond acceptors (Lipinski definition) is 7. The fourth-order valence-corrected chi connectivity index (χ4v) is 5.17. The molecule has 170 valence electrons. The number of fused-ring (bicyclic) bond motifs is 1. The first-order valence-electron chi connectivity index (χ1n) is 11.0. The lowest BCUT2D eigenvalue weighted by atomic mass is 10.2. The molecule has 1 aliphatic rings. The molecule has 0 spiro atoms. The van der Waals surface area contributed by atoms with E-state index in [-0.39, 0.29) is 23.6 Å². The normalized spacial score (nSPS) is 16.4. The second-order valence-electron chi connectivity index (χ2n) is 8.74. The van der Waals surface area contributed by atoms with Crippen LogP contribution in [0.15, 0.2) is 35.1 Å². The molecule has 1 atom stereocenters. The molecule has 9 heteroatoms. The van der Waals surface area contributed by atoms with Gasteiger partial charge in [-0.2, -0.15) is 0 Å². The van der Waals surface area contributed by atoms with Crippen LogP contribution in [0.3, 0.4) is 0 Å². The van der Waals surface area contributed by atoms with Gasteiger partial charge in [-0.3, -0.25) is 14.2 Å². The molecule has 1 saturated heterocycles. The van der Waals surface area contributed by atoms with Crippen LogP contribution in [0.2, 0.25) is 0 Å². The van der Waals surface area contributed by atoms with Crippen molar-refractivity contribution in [3.63, 3.8) is 0 Å². The summed E-state index contributed by atoms with van der Waals surface area (Å²) in [5, 5.41) is 3.74. The summed E-state index contributed by atoms with van der Waals surface area (Å²) in [4.78, 5) is 40.3. The summed E-state index contributed by atoms with van der Waals surface area (Å²) in [6.07, 6.45) is 1.68. The molecular formula is C23H30N6O2S. The third kappa shape index (κ3) is 4.54. The van der Waals surface area contributed by atoms with Gasteiger partial charge in [-0.1, -0.05) is 41.7 Å².